The third kappa shape index (κ3) is 10.3. The van der Waals surface area contributed by atoms with Crippen molar-refractivity contribution in [3.63, 3.8) is 0 Å². The van der Waals surface area contributed by atoms with Gasteiger partial charge in [0.15, 0.2) is 5.69 Å². The van der Waals surface area contributed by atoms with Crippen LogP contribution in [0.15, 0.2) is 18.3 Å². The second-order valence-electron chi connectivity index (χ2n) is 9.50. The summed E-state index contributed by atoms with van der Waals surface area (Å²) in [7, 11) is 0. The Balaban J connectivity index is 0.000000384. The molecule has 4 rings (SSSR count). The lowest BCUT2D eigenvalue weighted by Gasteiger charge is -2.30. The van der Waals surface area contributed by atoms with Crippen LogP contribution in [0, 0.1) is 11.8 Å². The Bertz CT molecular complexity index is 1270. The van der Waals surface area contributed by atoms with Crippen molar-refractivity contribution in [2.24, 2.45) is 11.8 Å². The van der Waals surface area contributed by atoms with Gasteiger partial charge < -0.3 is 25.6 Å². The minimum Gasteiger partial charge on any atom is -0.475 e. The van der Waals surface area contributed by atoms with E-state index in [0.29, 0.717) is 23.2 Å². The van der Waals surface area contributed by atoms with Gasteiger partial charge in [-0.15, -0.1) is 0 Å². The highest BCUT2D eigenvalue weighted by Gasteiger charge is 2.39. The number of halogens is 7. The molecule has 1 aliphatic heterocycles. The average molecular weight is 647 g/mol. The van der Waals surface area contributed by atoms with Gasteiger partial charge in [0.2, 0.25) is 5.91 Å². The molecule has 0 bridgehead atoms. The normalized spacial score (nSPS) is 19.0. The van der Waals surface area contributed by atoms with Crippen LogP contribution in [0.3, 0.4) is 0 Å². The van der Waals surface area contributed by atoms with Crippen molar-refractivity contribution in [1.82, 2.24) is 14.7 Å². The number of carbonyl (C=O) groups excluding carboxylic acids is 2. The van der Waals surface area contributed by atoms with E-state index in [1.54, 1.807) is 29.7 Å². The van der Waals surface area contributed by atoms with Gasteiger partial charge in [0, 0.05) is 6.20 Å². The van der Waals surface area contributed by atoms with Crippen LogP contribution in [-0.2, 0) is 19.1 Å². The van der Waals surface area contributed by atoms with Crippen molar-refractivity contribution in [3.8, 4) is 0 Å². The number of nitrogens with one attached hydrogen (secondary N) is 2. The fourth-order valence-electron chi connectivity index (χ4n) is 4.72. The first-order valence-electron chi connectivity index (χ1n) is 13.0. The largest absolute Gasteiger partial charge is 0.490 e. The van der Waals surface area contributed by atoms with Crippen molar-refractivity contribution in [3.05, 3.63) is 29.2 Å². The van der Waals surface area contributed by atoms with E-state index >= 15 is 0 Å². The number of rotatable bonds is 5. The fraction of sp³-hybridized carbons (Fsp3) is 0.560. The Morgan fingerprint density at radius 2 is 1.58 bits per heavy atom. The Morgan fingerprint density at radius 3 is 2.09 bits per heavy atom. The molecule has 0 unspecified atom stereocenters. The maximum Gasteiger partial charge on any atom is 0.490 e. The summed E-state index contributed by atoms with van der Waals surface area (Å²) in [5.41, 5.74) is 1.22. The number of carbonyl (C=O) groups is 4. The van der Waals surface area contributed by atoms with Crippen LogP contribution in [0.5, 0.6) is 0 Å². The van der Waals surface area contributed by atoms with E-state index in [-0.39, 0.29) is 29.4 Å². The number of fused-ring (bicyclic) bond motifs is 1. The third-order valence-electron chi connectivity index (χ3n) is 6.59. The van der Waals surface area contributed by atoms with Gasteiger partial charge in [-0.25, -0.2) is 19.4 Å². The highest BCUT2D eigenvalue weighted by Crippen LogP contribution is 2.36. The van der Waals surface area contributed by atoms with Gasteiger partial charge in [-0.3, -0.25) is 9.20 Å². The SMILES string of the molecule is CCOC(=O)c1nc2ccc(NC(=O)[C@H]3NCC[C@H]3C3CCCCC3)cn2c1Cl.O=C(O)C(F)(F)F.O=C(O)C(F)(F)F. The molecule has 4 N–H and O–H groups in total. The molecule has 2 aromatic heterocycles. The number of imidazole rings is 1. The zero-order valence-electron chi connectivity index (χ0n) is 22.6. The predicted molar refractivity (Wildman–Crippen MR) is 139 cm³/mol. The van der Waals surface area contributed by atoms with Crippen molar-refractivity contribution in [2.75, 3.05) is 18.5 Å². The number of aromatic nitrogens is 2. The molecule has 240 valence electrons. The average Bonchev–Trinajstić information content (AvgIpc) is 3.54. The van der Waals surface area contributed by atoms with Gasteiger partial charge in [0.25, 0.3) is 0 Å². The fourth-order valence-corrected chi connectivity index (χ4v) is 4.97. The van der Waals surface area contributed by atoms with E-state index < -0.39 is 30.3 Å². The van der Waals surface area contributed by atoms with Crippen molar-refractivity contribution < 1.29 is 60.5 Å². The van der Waals surface area contributed by atoms with Crippen LogP contribution < -0.4 is 10.6 Å². The van der Waals surface area contributed by atoms with E-state index in [9.17, 15) is 35.9 Å². The number of amides is 1. The molecule has 18 heteroatoms. The van der Waals surface area contributed by atoms with Crippen LogP contribution in [0.1, 0.15) is 55.9 Å². The van der Waals surface area contributed by atoms with Gasteiger partial charge in [0.1, 0.15) is 10.8 Å². The Kier molecular flexibility index (Phi) is 12.6. The summed E-state index contributed by atoms with van der Waals surface area (Å²) in [6, 6.07) is 3.34. The zero-order valence-corrected chi connectivity index (χ0v) is 23.4. The molecule has 0 radical (unpaired) electrons. The second kappa shape index (κ2) is 15.2. The van der Waals surface area contributed by atoms with E-state index in [1.165, 1.54) is 32.1 Å². The maximum atomic E-state index is 13.0. The molecule has 2 atom stereocenters. The number of hydrogen-bond donors (Lipinski definition) is 4. The summed E-state index contributed by atoms with van der Waals surface area (Å²) in [6.07, 6.45) is -1.12. The smallest absolute Gasteiger partial charge is 0.475 e. The molecule has 1 saturated carbocycles. The van der Waals surface area contributed by atoms with Gasteiger partial charge in [-0.1, -0.05) is 43.7 Å². The van der Waals surface area contributed by atoms with Crippen molar-refractivity contribution in [1.29, 1.82) is 0 Å². The Hall–Kier alpha value is -3.60. The summed E-state index contributed by atoms with van der Waals surface area (Å²) in [5.74, 6) is -5.06. The van der Waals surface area contributed by atoms with Crippen LogP contribution >= 0.6 is 11.6 Å². The van der Waals surface area contributed by atoms with Crippen molar-refractivity contribution in [2.45, 2.75) is 63.8 Å². The van der Waals surface area contributed by atoms with Crippen LogP contribution in [-0.4, -0.2) is 75.0 Å². The van der Waals surface area contributed by atoms with Gasteiger partial charge in [-0.05, 0) is 43.9 Å². The maximum absolute atomic E-state index is 13.0. The second-order valence-corrected chi connectivity index (χ2v) is 9.85. The number of anilines is 1. The summed E-state index contributed by atoms with van der Waals surface area (Å²) < 4.78 is 70.1. The number of esters is 1. The highest BCUT2D eigenvalue weighted by molar-refractivity contribution is 6.32. The molecule has 43 heavy (non-hydrogen) atoms. The minimum absolute atomic E-state index is 0.0146. The molecular weight excluding hydrogens is 618 g/mol. The summed E-state index contributed by atoms with van der Waals surface area (Å²) in [6.45, 7) is 2.86. The van der Waals surface area contributed by atoms with Gasteiger partial charge >= 0.3 is 30.3 Å². The number of carboxylic acid groups (broad SMARTS) is 2. The standard InChI is InChI=1S/C21H27ClN4O3.2C2HF3O2/c1-2-29-21(28)18-19(22)26-12-14(8-9-16(26)25-18)24-20(27)17-15(10-11-23-17)13-6-4-3-5-7-13;2*3-2(4,5)1(6)7/h8-9,12-13,15,17,23H,2-7,10-11H2,1H3,(H,24,27);2*(H,6,7)/t15-,17-;;/m0../s1. The zero-order chi connectivity index (χ0) is 32.5. The van der Waals surface area contributed by atoms with Gasteiger partial charge in [-0.2, -0.15) is 26.3 Å². The summed E-state index contributed by atoms with van der Waals surface area (Å²) >= 11 is 6.32. The molecular formula is C25H29ClF6N4O7. The molecule has 0 aromatic carbocycles. The molecule has 3 heterocycles. The van der Waals surface area contributed by atoms with Crippen LogP contribution in [0.25, 0.3) is 5.65 Å². The number of aliphatic carboxylic acids is 2. The Labute approximate surface area is 245 Å². The topological polar surface area (TPSA) is 159 Å². The number of hydrogen-bond acceptors (Lipinski definition) is 7. The molecule has 2 aromatic rings. The number of carboxylic acids is 2. The first-order valence-corrected chi connectivity index (χ1v) is 13.3. The molecule has 11 nitrogen and oxygen atoms in total. The van der Waals surface area contributed by atoms with Crippen molar-refractivity contribution >= 4 is 46.8 Å². The first-order chi connectivity index (χ1) is 20.0. The van der Waals surface area contributed by atoms with E-state index in [4.69, 9.17) is 36.1 Å². The summed E-state index contributed by atoms with van der Waals surface area (Å²) in [5, 5.41) is 20.8. The van der Waals surface area contributed by atoms with E-state index in [1.807, 2.05) is 0 Å². The van der Waals surface area contributed by atoms with Gasteiger partial charge in [0.05, 0.1) is 18.3 Å². The van der Waals surface area contributed by atoms with E-state index in [2.05, 4.69) is 15.6 Å². The predicted octanol–water partition coefficient (Wildman–Crippen LogP) is 4.93. The van der Waals surface area contributed by atoms with Crippen LogP contribution in [0.4, 0.5) is 32.0 Å². The number of ether oxygens (including phenoxy) is 1. The molecule has 1 amide bonds. The minimum atomic E-state index is -5.08. The first kappa shape index (κ1) is 35.6. The molecule has 1 saturated heterocycles. The lowest BCUT2D eigenvalue weighted by molar-refractivity contribution is -0.193. The number of alkyl halides is 6. The Morgan fingerprint density at radius 1 is 1.02 bits per heavy atom. The lowest BCUT2D eigenvalue weighted by atomic mass is 9.76. The molecule has 2 fully saturated rings. The third-order valence-corrected chi connectivity index (χ3v) is 6.95. The number of pyridine rings is 1. The molecule has 2 aliphatic rings. The molecule has 1 aliphatic carbocycles. The monoisotopic (exact) mass is 646 g/mol. The quantitative estimate of drug-likeness (QED) is 0.261. The van der Waals surface area contributed by atoms with E-state index in [0.717, 1.165) is 13.0 Å². The molecule has 0 spiro atoms. The number of nitrogens with zero attached hydrogens (tertiary/aromatic N) is 2. The lowest BCUT2D eigenvalue weighted by Crippen LogP contribution is -2.42. The summed E-state index contributed by atoms with van der Waals surface area (Å²) in [4.78, 5) is 47.0. The highest BCUT2D eigenvalue weighted by atomic mass is 35.5. The van der Waals surface area contributed by atoms with Crippen LogP contribution in [0.2, 0.25) is 5.15 Å².